The first-order valence-electron chi connectivity index (χ1n) is 19.6. The average Bonchev–Trinajstić information content (AvgIpc) is 3.64. The number of hydrogen-bond acceptors (Lipinski definition) is 10. The molecule has 14 heteroatoms. The Morgan fingerprint density at radius 1 is 1.05 bits per heavy atom. The maximum atomic E-state index is 14.6. The molecule has 3 amide bonds. The van der Waals surface area contributed by atoms with Gasteiger partial charge in [-0.3, -0.25) is 28.9 Å². The lowest BCUT2D eigenvalue weighted by molar-refractivity contribution is -0.150. The van der Waals surface area contributed by atoms with Crippen molar-refractivity contribution in [3.63, 3.8) is 0 Å². The fourth-order valence-corrected chi connectivity index (χ4v) is 7.89. The molecule has 1 saturated heterocycles. The molecule has 0 aliphatic carbocycles. The number of benzene rings is 1. The van der Waals surface area contributed by atoms with Crippen LogP contribution in [0.25, 0.3) is 0 Å². The Kier molecular flexibility index (Phi) is 18.2. The van der Waals surface area contributed by atoms with Crippen molar-refractivity contribution in [2.75, 3.05) is 33.9 Å². The summed E-state index contributed by atoms with van der Waals surface area (Å²) in [6.07, 6.45) is 3.37. The Morgan fingerprint density at radius 2 is 1.75 bits per heavy atom. The first-order chi connectivity index (χ1) is 26.1. The molecule has 1 aliphatic rings. The number of aromatic nitrogens is 1. The molecule has 1 aromatic heterocycles. The van der Waals surface area contributed by atoms with E-state index in [1.54, 1.807) is 24.3 Å². The molecule has 13 nitrogen and oxygen atoms in total. The SMILES string of the molecule is CCC(C)C(NC(=O)C1CCCCN1C)C(=O)N(CCOC)[C@H](C[C@@H](OC(C)=O)c1nc(C(=O)N[C@@H](Cc2ccc(C)cc2)C[C@H](C)C(=O)O)cs1)C(C)C. The van der Waals surface area contributed by atoms with Gasteiger partial charge in [-0.2, -0.15) is 0 Å². The summed E-state index contributed by atoms with van der Waals surface area (Å²) in [4.78, 5) is 74.5. The topological polar surface area (TPSA) is 167 Å². The number of esters is 1. The Bertz CT molecular complexity index is 1570. The van der Waals surface area contributed by atoms with Crippen molar-refractivity contribution in [2.45, 2.75) is 124 Å². The minimum absolute atomic E-state index is 0.0990. The minimum Gasteiger partial charge on any atom is -0.481 e. The summed E-state index contributed by atoms with van der Waals surface area (Å²) in [5, 5.41) is 17.7. The highest BCUT2D eigenvalue weighted by molar-refractivity contribution is 7.09. The number of carbonyl (C=O) groups is 5. The van der Waals surface area contributed by atoms with Crippen LogP contribution in [0.4, 0.5) is 0 Å². The van der Waals surface area contributed by atoms with Crippen molar-refractivity contribution in [3.05, 3.63) is 51.5 Å². The molecule has 1 fully saturated rings. The van der Waals surface area contributed by atoms with Crippen molar-refractivity contribution in [1.82, 2.24) is 25.4 Å². The average molecular weight is 786 g/mol. The van der Waals surface area contributed by atoms with Crippen LogP contribution in [-0.2, 0) is 35.1 Å². The van der Waals surface area contributed by atoms with E-state index in [1.165, 1.54) is 18.3 Å². The van der Waals surface area contributed by atoms with Gasteiger partial charge in [-0.15, -0.1) is 11.3 Å². The number of likely N-dealkylation sites (tertiary alicyclic amines) is 1. The molecule has 3 rings (SSSR count). The number of nitrogens with one attached hydrogen (secondary N) is 2. The molecule has 306 valence electrons. The van der Waals surface area contributed by atoms with Crippen LogP contribution in [-0.4, -0.2) is 108 Å². The number of nitrogens with zero attached hydrogens (tertiary/aromatic N) is 3. The van der Waals surface area contributed by atoms with Crippen LogP contribution < -0.4 is 10.6 Å². The molecule has 2 aromatic rings. The van der Waals surface area contributed by atoms with Gasteiger partial charge in [0.05, 0.1) is 18.6 Å². The third-order valence-corrected chi connectivity index (χ3v) is 11.6. The maximum Gasteiger partial charge on any atom is 0.306 e. The van der Waals surface area contributed by atoms with Crippen molar-refractivity contribution < 1.29 is 38.6 Å². The molecule has 0 spiro atoms. The first kappa shape index (κ1) is 45.5. The van der Waals surface area contributed by atoms with Gasteiger partial charge in [0, 0.05) is 44.5 Å². The lowest BCUT2D eigenvalue weighted by Gasteiger charge is -2.40. The summed E-state index contributed by atoms with van der Waals surface area (Å²) >= 11 is 1.18. The van der Waals surface area contributed by atoms with E-state index in [-0.39, 0.29) is 61.4 Å². The smallest absolute Gasteiger partial charge is 0.306 e. The number of piperidine rings is 1. The summed E-state index contributed by atoms with van der Waals surface area (Å²) in [5.41, 5.74) is 2.18. The van der Waals surface area contributed by atoms with E-state index >= 15 is 0 Å². The molecular weight excluding hydrogens is 723 g/mol. The second kappa shape index (κ2) is 22.0. The molecular formula is C41H63N5O8S. The number of ether oxygens (including phenoxy) is 2. The first-order valence-corrected chi connectivity index (χ1v) is 20.5. The fraction of sp³-hybridized carbons (Fsp3) is 0.659. The highest BCUT2D eigenvalue weighted by Gasteiger charge is 2.39. The van der Waals surface area contributed by atoms with E-state index < -0.39 is 48.0 Å². The Morgan fingerprint density at radius 3 is 2.33 bits per heavy atom. The lowest BCUT2D eigenvalue weighted by Crippen LogP contribution is -2.59. The summed E-state index contributed by atoms with van der Waals surface area (Å²) in [6.45, 7) is 14.2. The van der Waals surface area contributed by atoms with Gasteiger partial charge in [-0.25, -0.2) is 4.98 Å². The number of carbonyl (C=O) groups excluding carboxylic acids is 4. The number of carboxylic acid groups (broad SMARTS) is 1. The van der Waals surface area contributed by atoms with Crippen molar-refractivity contribution in [1.29, 1.82) is 0 Å². The van der Waals surface area contributed by atoms with Crippen molar-refractivity contribution >= 4 is 41.0 Å². The van der Waals surface area contributed by atoms with Crippen molar-refractivity contribution in [3.8, 4) is 0 Å². The normalized spacial score (nSPS) is 18.0. The van der Waals surface area contributed by atoms with Crippen LogP contribution in [0.3, 0.4) is 0 Å². The van der Waals surface area contributed by atoms with Crippen LogP contribution in [0.15, 0.2) is 29.6 Å². The zero-order chi connectivity index (χ0) is 40.8. The highest BCUT2D eigenvalue weighted by Crippen LogP contribution is 2.32. The zero-order valence-electron chi connectivity index (χ0n) is 34.1. The molecule has 1 aliphatic heterocycles. The van der Waals surface area contributed by atoms with E-state index in [4.69, 9.17) is 9.47 Å². The van der Waals surface area contributed by atoms with E-state index in [9.17, 15) is 29.1 Å². The van der Waals surface area contributed by atoms with Crippen LogP contribution in [0.2, 0.25) is 0 Å². The Hall–Kier alpha value is -3.88. The van der Waals surface area contributed by atoms with Gasteiger partial charge >= 0.3 is 11.9 Å². The van der Waals surface area contributed by atoms with Crippen molar-refractivity contribution in [2.24, 2.45) is 17.8 Å². The predicted octanol–water partition coefficient (Wildman–Crippen LogP) is 5.41. The number of likely N-dealkylation sites (N-methyl/N-ethyl adjacent to an activating group) is 1. The van der Waals surface area contributed by atoms with Gasteiger partial charge in [0.2, 0.25) is 11.8 Å². The third kappa shape index (κ3) is 13.7. The molecule has 1 aromatic carbocycles. The molecule has 55 heavy (non-hydrogen) atoms. The molecule has 7 atom stereocenters. The molecule has 0 bridgehead atoms. The summed E-state index contributed by atoms with van der Waals surface area (Å²) in [5.74, 6) is -3.27. The molecule has 3 unspecified atom stereocenters. The van der Waals surface area contributed by atoms with Crippen LogP contribution in [0, 0.1) is 24.7 Å². The summed E-state index contributed by atoms with van der Waals surface area (Å²) in [6, 6.07) is 5.87. The predicted molar refractivity (Wildman–Crippen MR) is 213 cm³/mol. The van der Waals surface area contributed by atoms with Crippen LogP contribution >= 0.6 is 11.3 Å². The van der Waals surface area contributed by atoms with Gasteiger partial charge in [-0.05, 0) is 63.6 Å². The monoisotopic (exact) mass is 785 g/mol. The third-order valence-electron chi connectivity index (χ3n) is 10.6. The number of hydrogen-bond donors (Lipinski definition) is 3. The van der Waals surface area contributed by atoms with E-state index in [0.717, 1.165) is 36.9 Å². The number of rotatable bonds is 21. The van der Waals surface area contributed by atoms with E-state index in [0.29, 0.717) is 17.8 Å². The molecule has 2 heterocycles. The van der Waals surface area contributed by atoms with Crippen LogP contribution in [0.1, 0.15) is 113 Å². The van der Waals surface area contributed by atoms with Gasteiger partial charge in [0.1, 0.15) is 16.7 Å². The second-order valence-electron chi connectivity index (χ2n) is 15.4. The number of methoxy groups -OCH3 is 1. The van der Waals surface area contributed by atoms with Crippen LogP contribution in [0.5, 0.6) is 0 Å². The number of aliphatic carboxylic acids is 1. The number of thiazole rings is 1. The highest BCUT2D eigenvalue weighted by atomic mass is 32.1. The molecule has 0 saturated carbocycles. The second-order valence-corrected chi connectivity index (χ2v) is 16.3. The lowest BCUT2D eigenvalue weighted by atomic mass is 9.92. The van der Waals surface area contributed by atoms with Gasteiger partial charge in [0.15, 0.2) is 6.10 Å². The largest absolute Gasteiger partial charge is 0.481 e. The number of amides is 3. The molecule has 3 N–H and O–H groups in total. The maximum absolute atomic E-state index is 14.6. The minimum atomic E-state index is -0.948. The van der Waals surface area contributed by atoms with E-state index in [1.807, 2.05) is 70.8 Å². The fourth-order valence-electron chi connectivity index (χ4n) is 7.05. The zero-order valence-corrected chi connectivity index (χ0v) is 34.9. The number of aryl methyl sites for hydroxylation is 1. The van der Waals surface area contributed by atoms with Gasteiger partial charge in [0.25, 0.3) is 5.91 Å². The van der Waals surface area contributed by atoms with E-state index in [2.05, 4.69) is 15.6 Å². The van der Waals surface area contributed by atoms with Gasteiger partial charge in [-0.1, -0.05) is 77.3 Å². The quantitative estimate of drug-likeness (QED) is 0.139. The molecule has 0 radical (unpaired) electrons. The Labute approximate surface area is 330 Å². The van der Waals surface area contributed by atoms with Gasteiger partial charge < -0.3 is 30.1 Å². The summed E-state index contributed by atoms with van der Waals surface area (Å²) in [7, 11) is 3.51. The standard InChI is InChI=1S/C41H63N5O8S/c1-10-27(5)36(44-38(49)33-13-11-12-18-45(33)8)40(50)46(19-20-53-9)34(25(2)3)23-35(54-29(7)47)39-43-32(24-55-39)37(48)42-31(21-28(6)41(51)52)22-30-16-14-26(4)15-17-30/h14-17,24-25,27-28,31,33-36H,10-13,18-23H2,1-9H3,(H,42,48)(H,44,49)(H,51,52)/t27?,28-,31+,33?,34+,35+,36?/m0/s1. The summed E-state index contributed by atoms with van der Waals surface area (Å²) < 4.78 is 11.3. The number of carboxylic acids is 1. The Balaban J connectivity index is 1.90.